The van der Waals surface area contributed by atoms with Gasteiger partial charge in [-0.3, -0.25) is 19.6 Å². The van der Waals surface area contributed by atoms with Gasteiger partial charge in [-0.15, -0.1) is 0 Å². The Bertz CT molecular complexity index is 2470. The summed E-state index contributed by atoms with van der Waals surface area (Å²) in [5.74, 6) is -0.390. The molecule has 5 heterocycles. The smallest absolute Gasteiger partial charge is 0.466 e. The first-order valence-corrected chi connectivity index (χ1v) is 20.2. The molecule has 2 saturated heterocycles. The Labute approximate surface area is 328 Å². The van der Waals surface area contributed by atoms with Crippen LogP contribution >= 0.6 is 7.82 Å². The molecule has 0 radical (unpaired) electrons. The molecule has 0 amide bonds. The number of β-amino-alcohol motifs (C(OH)–C–C–N with tert-alkyl or cyclic N) is 1. The summed E-state index contributed by atoms with van der Waals surface area (Å²) in [5.41, 5.74) is 6.34. The van der Waals surface area contributed by atoms with Crippen LogP contribution in [0.3, 0.4) is 0 Å². The second-order valence-corrected chi connectivity index (χ2v) is 16.0. The number of aliphatic hydroxyl groups excluding tert-OH is 1. The minimum Gasteiger partial charge on any atom is -0.481 e. The highest BCUT2D eigenvalue weighted by Crippen LogP contribution is 2.46. The van der Waals surface area contributed by atoms with E-state index in [0.29, 0.717) is 73.0 Å². The van der Waals surface area contributed by atoms with Crippen molar-refractivity contribution in [3.8, 4) is 6.07 Å². The second kappa shape index (κ2) is 16.3. The van der Waals surface area contributed by atoms with E-state index >= 15 is 0 Å². The Morgan fingerprint density at radius 2 is 1.79 bits per heavy atom. The maximum atomic E-state index is 11.6. The zero-order chi connectivity index (χ0) is 40.5. The zero-order valence-corrected chi connectivity index (χ0v) is 32.4. The number of pyridine rings is 2. The fraction of sp³-hybridized carbons (Fsp3) is 0.341. The summed E-state index contributed by atoms with van der Waals surface area (Å²) >= 11 is 0. The van der Waals surface area contributed by atoms with Gasteiger partial charge in [-0.2, -0.15) is 5.26 Å². The van der Waals surface area contributed by atoms with Crippen molar-refractivity contribution in [2.45, 2.75) is 51.4 Å². The Morgan fingerprint density at radius 1 is 1.05 bits per heavy atom. The highest BCUT2D eigenvalue weighted by atomic mass is 31.2. The van der Waals surface area contributed by atoms with Crippen molar-refractivity contribution in [1.29, 1.82) is 5.26 Å². The molecule has 8 rings (SSSR count). The van der Waals surface area contributed by atoms with Crippen LogP contribution in [-0.2, 0) is 28.0 Å². The number of aromatic nitrogens is 3. The summed E-state index contributed by atoms with van der Waals surface area (Å²) in [6.45, 7) is 8.14. The van der Waals surface area contributed by atoms with Crippen molar-refractivity contribution < 1.29 is 38.7 Å². The maximum Gasteiger partial charge on any atom is 0.466 e. The minimum atomic E-state index is -4.64. The number of rotatable bonds is 9. The van der Waals surface area contributed by atoms with Gasteiger partial charge in [-0.25, -0.2) is 14.5 Å². The van der Waals surface area contributed by atoms with Gasteiger partial charge in [0.05, 0.1) is 17.6 Å². The van der Waals surface area contributed by atoms with Crippen LogP contribution in [-0.4, -0.2) is 87.9 Å². The van der Waals surface area contributed by atoms with Crippen molar-refractivity contribution in [2.75, 3.05) is 31.5 Å². The lowest BCUT2D eigenvalue weighted by atomic mass is 9.73. The van der Waals surface area contributed by atoms with Crippen LogP contribution < -0.4 is 5.32 Å². The molecule has 16 heteroatoms. The quantitative estimate of drug-likeness (QED) is 0.107. The van der Waals surface area contributed by atoms with Crippen LogP contribution in [0, 0.1) is 30.1 Å². The summed E-state index contributed by atoms with van der Waals surface area (Å²) in [7, 11) is -4.64. The van der Waals surface area contributed by atoms with Crippen molar-refractivity contribution in [2.24, 2.45) is 11.8 Å². The molecule has 57 heavy (non-hydrogen) atoms. The summed E-state index contributed by atoms with van der Waals surface area (Å²) in [6, 6.07) is 18.5. The third-order valence-corrected chi connectivity index (χ3v) is 10.9. The number of aryl methyl sites for hydroxylation is 1. The number of carboxylic acid groups (broad SMARTS) is 1. The third-order valence-electron chi connectivity index (χ3n) is 10.9. The standard InChI is InChI=1S/C41H41N7O4.H3O4P/c1-25-6-3-4-7-33(25)34-8-5-12-41(26(34)2,46-38-36-29(9-13-43-38)17-28(20-44-36)22-48-15-11-32(49)24-48)40-45-35-18-27(16-31(19-42)37(35)52-40)21-47-14-10-30(23-47)39(50)51;1-5(2,3)4/h3-9,12-13,16-18,20,26,30,32,49H,10-11,14-15,21-24H2,1-2H3,(H,43,46)(H,50,51);(H3,1,2,3,4)/t26?,30-,32-,41?;/m1./s1. The van der Waals surface area contributed by atoms with Gasteiger partial charge in [0, 0.05) is 56.4 Å². The van der Waals surface area contributed by atoms with Crippen LogP contribution in [0.4, 0.5) is 5.82 Å². The molecule has 3 aromatic heterocycles. The van der Waals surface area contributed by atoms with Gasteiger partial charge in [-0.05, 0) is 84.5 Å². The summed E-state index contributed by atoms with van der Waals surface area (Å²) in [5, 5.41) is 34.5. The number of hydrogen-bond donors (Lipinski definition) is 6. The molecule has 0 bridgehead atoms. The molecule has 0 saturated carbocycles. The summed E-state index contributed by atoms with van der Waals surface area (Å²) in [6.07, 6.45) is 11.0. The molecule has 0 spiro atoms. The Balaban J connectivity index is 0.000000935. The Hall–Kier alpha value is -5.30. The molecule has 3 aliphatic rings. The number of aliphatic carboxylic acids is 1. The molecule has 2 aliphatic heterocycles. The van der Waals surface area contributed by atoms with Crippen LogP contribution in [0.1, 0.15) is 53.5 Å². The van der Waals surface area contributed by atoms with E-state index in [4.69, 9.17) is 38.6 Å². The van der Waals surface area contributed by atoms with Gasteiger partial charge in [0.1, 0.15) is 22.6 Å². The Kier molecular flexibility index (Phi) is 11.4. The minimum absolute atomic E-state index is 0.202. The molecule has 2 fully saturated rings. The number of nitrogens with zero attached hydrogens (tertiary/aromatic N) is 6. The molecule has 15 nitrogen and oxygen atoms in total. The highest BCUT2D eigenvalue weighted by molar-refractivity contribution is 7.45. The van der Waals surface area contributed by atoms with Gasteiger partial charge in [0.25, 0.3) is 0 Å². The van der Waals surface area contributed by atoms with Gasteiger partial charge in [-0.1, -0.05) is 43.3 Å². The van der Waals surface area contributed by atoms with E-state index in [1.165, 1.54) is 0 Å². The lowest BCUT2D eigenvalue weighted by molar-refractivity contribution is -0.141. The van der Waals surface area contributed by atoms with Crippen molar-refractivity contribution in [1.82, 2.24) is 24.8 Å². The third kappa shape index (κ3) is 8.83. The zero-order valence-electron chi connectivity index (χ0n) is 31.5. The topological polar surface area (TPSA) is 229 Å². The molecular formula is C41H44N7O8P. The normalized spacial score (nSPS) is 22.6. The number of carboxylic acids is 1. The van der Waals surface area contributed by atoms with E-state index in [9.17, 15) is 20.3 Å². The fourth-order valence-electron chi connectivity index (χ4n) is 8.09. The fourth-order valence-corrected chi connectivity index (χ4v) is 8.09. The number of likely N-dealkylation sites (tertiary alicyclic amines) is 2. The first-order valence-electron chi connectivity index (χ1n) is 18.7. The number of phosphoric acid groups is 1. The molecule has 2 unspecified atom stereocenters. The number of benzene rings is 2. The largest absolute Gasteiger partial charge is 0.481 e. The molecule has 6 N–H and O–H groups in total. The van der Waals surface area contributed by atoms with E-state index in [0.717, 1.165) is 46.2 Å². The first kappa shape index (κ1) is 39.9. The SMILES string of the molecule is Cc1ccccc1C1=CC=CC(Nc2nccc3cc(CN4CC[C@@H](O)C4)cnc23)(c2nc3cc(CN4CC[C@@H](C(=O)O)C4)cc(C#N)c3o2)C1C.O=P(O)(O)O. The molecule has 2 aromatic carbocycles. The second-order valence-electron chi connectivity index (χ2n) is 15.0. The predicted octanol–water partition coefficient (Wildman–Crippen LogP) is 5.09. The number of nitrogens with one attached hydrogen (secondary N) is 1. The number of allylic oxidation sites excluding steroid dienone is 2. The number of carbonyl (C=O) groups is 1. The Morgan fingerprint density at radius 3 is 2.49 bits per heavy atom. The van der Waals surface area contributed by atoms with Crippen LogP contribution in [0.2, 0.25) is 0 Å². The average Bonchev–Trinajstić information content (AvgIpc) is 3.92. The number of fused-ring (bicyclic) bond motifs is 2. The molecule has 296 valence electrons. The van der Waals surface area contributed by atoms with Crippen molar-refractivity contribution in [3.05, 3.63) is 113 Å². The predicted molar refractivity (Wildman–Crippen MR) is 212 cm³/mol. The number of hydrogen-bond acceptors (Lipinski definition) is 11. The number of nitriles is 1. The summed E-state index contributed by atoms with van der Waals surface area (Å²) in [4.78, 5) is 52.3. The lowest BCUT2D eigenvalue weighted by Crippen LogP contribution is -2.42. The van der Waals surface area contributed by atoms with E-state index in [-0.39, 0.29) is 17.9 Å². The maximum absolute atomic E-state index is 11.6. The van der Waals surface area contributed by atoms with Crippen molar-refractivity contribution in [3.63, 3.8) is 0 Å². The molecule has 5 aromatic rings. The monoisotopic (exact) mass is 793 g/mol. The molecule has 1 aliphatic carbocycles. The average molecular weight is 794 g/mol. The van der Waals surface area contributed by atoms with Gasteiger partial charge < -0.3 is 34.6 Å². The van der Waals surface area contributed by atoms with E-state index in [2.05, 4.69) is 65.4 Å². The van der Waals surface area contributed by atoms with Gasteiger partial charge >= 0.3 is 13.8 Å². The van der Waals surface area contributed by atoms with E-state index in [1.807, 2.05) is 42.6 Å². The molecular weight excluding hydrogens is 749 g/mol. The lowest BCUT2D eigenvalue weighted by Gasteiger charge is -2.39. The highest BCUT2D eigenvalue weighted by Gasteiger charge is 2.45. The van der Waals surface area contributed by atoms with Crippen LogP contribution in [0.25, 0.3) is 27.6 Å². The number of anilines is 1. The molecule has 4 atom stereocenters. The number of aliphatic hydroxyl groups is 1. The van der Waals surface area contributed by atoms with E-state index in [1.54, 1.807) is 6.20 Å². The van der Waals surface area contributed by atoms with E-state index < -0.39 is 19.3 Å². The first-order chi connectivity index (χ1) is 27.2. The summed E-state index contributed by atoms with van der Waals surface area (Å²) < 4.78 is 15.5. The van der Waals surface area contributed by atoms with Crippen molar-refractivity contribution >= 4 is 47.2 Å². The van der Waals surface area contributed by atoms with Crippen LogP contribution in [0.15, 0.2) is 83.6 Å². The van der Waals surface area contributed by atoms with Gasteiger partial charge in [0.15, 0.2) is 11.4 Å². The van der Waals surface area contributed by atoms with Gasteiger partial charge in [0.2, 0.25) is 5.89 Å². The number of oxazole rings is 1. The van der Waals surface area contributed by atoms with Crippen LogP contribution in [0.5, 0.6) is 0 Å².